The lowest BCUT2D eigenvalue weighted by molar-refractivity contribution is -0.137. The van der Waals surface area contributed by atoms with Gasteiger partial charge in [0, 0.05) is 17.8 Å². The van der Waals surface area contributed by atoms with Crippen LogP contribution < -0.4 is 10.6 Å². The SMILES string of the molecule is CCN(CC(=O)Nc1ccccc1C(F)(F)F)C(=O)c1ccc(NC(=O)c2ccco2)cc1. The number of likely N-dealkylation sites (N-methyl/N-ethyl adjacent to an activating group) is 1. The van der Waals surface area contributed by atoms with Gasteiger partial charge in [0.2, 0.25) is 5.91 Å². The highest BCUT2D eigenvalue weighted by atomic mass is 19.4. The van der Waals surface area contributed by atoms with Gasteiger partial charge in [-0.15, -0.1) is 0 Å². The van der Waals surface area contributed by atoms with Crippen LogP contribution in [-0.2, 0) is 11.0 Å². The highest BCUT2D eigenvalue weighted by Gasteiger charge is 2.33. The van der Waals surface area contributed by atoms with E-state index in [1.165, 1.54) is 53.6 Å². The monoisotopic (exact) mass is 459 g/mol. The van der Waals surface area contributed by atoms with E-state index in [0.29, 0.717) is 5.69 Å². The number of amides is 3. The number of alkyl halides is 3. The molecule has 0 saturated carbocycles. The maximum atomic E-state index is 13.1. The molecular formula is C23H20F3N3O4. The van der Waals surface area contributed by atoms with Crippen molar-refractivity contribution in [2.75, 3.05) is 23.7 Å². The molecular weight excluding hydrogens is 439 g/mol. The summed E-state index contributed by atoms with van der Waals surface area (Å²) >= 11 is 0. The summed E-state index contributed by atoms with van der Waals surface area (Å²) in [5.74, 6) is -1.57. The minimum atomic E-state index is -4.63. The van der Waals surface area contributed by atoms with E-state index < -0.39 is 36.0 Å². The van der Waals surface area contributed by atoms with Crippen LogP contribution in [0, 0.1) is 0 Å². The summed E-state index contributed by atoms with van der Waals surface area (Å²) in [6.07, 6.45) is -3.26. The number of para-hydroxylation sites is 1. The molecule has 0 saturated heterocycles. The molecule has 0 unspecified atom stereocenters. The molecule has 3 rings (SSSR count). The second-order valence-electron chi connectivity index (χ2n) is 6.92. The summed E-state index contributed by atoms with van der Waals surface area (Å²) in [5.41, 5.74) is -0.677. The zero-order valence-corrected chi connectivity index (χ0v) is 17.5. The molecule has 0 bridgehead atoms. The van der Waals surface area contributed by atoms with Crippen molar-refractivity contribution in [2.45, 2.75) is 13.1 Å². The molecule has 0 aliphatic heterocycles. The second kappa shape index (κ2) is 10.0. The molecule has 0 atom stereocenters. The lowest BCUT2D eigenvalue weighted by atomic mass is 10.1. The topological polar surface area (TPSA) is 91.7 Å². The Labute approximate surface area is 187 Å². The Kier molecular flexibility index (Phi) is 7.17. The number of carbonyl (C=O) groups is 3. The number of hydrogen-bond donors (Lipinski definition) is 2. The van der Waals surface area contributed by atoms with Crippen LogP contribution in [0.2, 0.25) is 0 Å². The third-order valence-electron chi connectivity index (χ3n) is 4.64. The summed E-state index contributed by atoms with van der Waals surface area (Å²) in [4.78, 5) is 38.3. The highest BCUT2D eigenvalue weighted by molar-refractivity contribution is 6.03. The van der Waals surface area contributed by atoms with Crippen molar-refractivity contribution >= 4 is 29.1 Å². The normalized spacial score (nSPS) is 11.0. The Bertz CT molecular complexity index is 1130. The number of hydrogen-bond acceptors (Lipinski definition) is 4. The first-order chi connectivity index (χ1) is 15.7. The predicted octanol–water partition coefficient (Wildman–Crippen LogP) is 4.65. The van der Waals surface area contributed by atoms with Crippen LogP contribution in [-0.4, -0.2) is 35.7 Å². The van der Waals surface area contributed by atoms with Crippen molar-refractivity contribution in [3.05, 3.63) is 83.8 Å². The molecule has 0 radical (unpaired) electrons. The predicted molar refractivity (Wildman–Crippen MR) is 115 cm³/mol. The average Bonchev–Trinajstić information content (AvgIpc) is 3.32. The number of nitrogens with zero attached hydrogens (tertiary/aromatic N) is 1. The van der Waals surface area contributed by atoms with Crippen LogP contribution in [0.3, 0.4) is 0 Å². The fourth-order valence-corrected chi connectivity index (χ4v) is 3.01. The third-order valence-corrected chi connectivity index (χ3v) is 4.64. The first-order valence-electron chi connectivity index (χ1n) is 9.89. The van der Waals surface area contributed by atoms with Gasteiger partial charge >= 0.3 is 6.18 Å². The van der Waals surface area contributed by atoms with Crippen molar-refractivity contribution in [3.8, 4) is 0 Å². The van der Waals surface area contributed by atoms with Gasteiger partial charge in [0.25, 0.3) is 11.8 Å². The summed E-state index contributed by atoms with van der Waals surface area (Å²) in [7, 11) is 0. The van der Waals surface area contributed by atoms with Crippen LogP contribution in [0.15, 0.2) is 71.3 Å². The largest absolute Gasteiger partial charge is 0.459 e. The van der Waals surface area contributed by atoms with Crippen molar-refractivity contribution in [2.24, 2.45) is 0 Å². The fourth-order valence-electron chi connectivity index (χ4n) is 3.01. The van der Waals surface area contributed by atoms with Gasteiger partial charge in [-0.2, -0.15) is 13.2 Å². The molecule has 172 valence electrons. The second-order valence-corrected chi connectivity index (χ2v) is 6.92. The molecule has 1 aromatic heterocycles. The average molecular weight is 459 g/mol. The lowest BCUT2D eigenvalue weighted by Crippen LogP contribution is -2.38. The van der Waals surface area contributed by atoms with E-state index in [1.807, 2.05) is 0 Å². The van der Waals surface area contributed by atoms with E-state index >= 15 is 0 Å². The molecule has 10 heteroatoms. The molecule has 2 aromatic carbocycles. The van der Waals surface area contributed by atoms with Crippen LogP contribution in [0.25, 0.3) is 0 Å². The molecule has 2 N–H and O–H groups in total. The molecule has 3 amide bonds. The molecule has 0 aliphatic rings. The van der Waals surface area contributed by atoms with Gasteiger partial charge in [-0.1, -0.05) is 12.1 Å². The molecule has 0 fully saturated rings. The van der Waals surface area contributed by atoms with Crippen LogP contribution in [0.5, 0.6) is 0 Å². The number of rotatable bonds is 7. The number of benzene rings is 2. The van der Waals surface area contributed by atoms with Gasteiger partial charge in [-0.05, 0) is 55.5 Å². The van der Waals surface area contributed by atoms with Crippen molar-refractivity contribution in [1.82, 2.24) is 4.90 Å². The third kappa shape index (κ3) is 6.00. The van der Waals surface area contributed by atoms with E-state index in [0.717, 1.165) is 12.1 Å². The van der Waals surface area contributed by atoms with Crippen molar-refractivity contribution in [1.29, 1.82) is 0 Å². The van der Waals surface area contributed by atoms with Crippen molar-refractivity contribution < 1.29 is 32.0 Å². The first-order valence-corrected chi connectivity index (χ1v) is 9.89. The minimum Gasteiger partial charge on any atom is -0.459 e. The van der Waals surface area contributed by atoms with Gasteiger partial charge in [-0.25, -0.2) is 0 Å². The Morgan fingerprint density at radius 3 is 2.24 bits per heavy atom. The number of halogens is 3. The summed E-state index contributed by atoms with van der Waals surface area (Å²) in [6, 6.07) is 13.7. The lowest BCUT2D eigenvalue weighted by Gasteiger charge is -2.21. The Morgan fingerprint density at radius 1 is 0.939 bits per heavy atom. The van der Waals surface area contributed by atoms with Crippen molar-refractivity contribution in [3.63, 3.8) is 0 Å². The van der Waals surface area contributed by atoms with E-state index in [2.05, 4.69) is 10.6 Å². The minimum absolute atomic E-state index is 0.130. The van der Waals surface area contributed by atoms with Gasteiger partial charge in [0.15, 0.2) is 5.76 Å². The zero-order chi connectivity index (χ0) is 24.0. The maximum absolute atomic E-state index is 13.1. The smallest absolute Gasteiger partial charge is 0.418 e. The van der Waals surface area contributed by atoms with Gasteiger partial charge in [-0.3, -0.25) is 14.4 Å². The van der Waals surface area contributed by atoms with E-state index in [1.54, 1.807) is 13.0 Å². The van der Waals surface area contributed by atoms with Crippen LogP contribution in [0.1, 0.15) is 33.4 Å². The molecule has 1 heterocycles. The van der Waals surface area contributed by atoms with Gasteiger partial charge in [0.1, 0.15) is 6.54 Å². The maximum Gasteiger partial charge on any atom is 0.418 e. The highest BCUT2D eigenvalue weighted by Crippen LogP contribution is 2.34. The number of carbonyl (C=O) groups excluding carboxylic acids is 3. The fraction of sp³-hybridized carbons (Fsp3) is 0.174. The molecule has 3 aromatic rings. The Hall–Kier alpha value is -4.08. The standard InChI is InChI=1S/C23H20F3N3O4/c1-2-29(14-20(30)28-18-7-4-3-6-17(18)23(24,25)26)22(32)15-9-11-16(12-10-15)27-21(31)19-8-5-13-33-19/h3-13H,2,14H2,1H3,(H,27,31)(H,28,30). The number of anilines is 2. The molecule has 0 spiro atoms. The summed E-state index contributed by atoms with van der Waals surface area (Å²) in [5, 5.41) is 4.84. The molecule has 0 aliphatic carbocycles. The van der Waals surface area contributed by atoms with Gasteiger partial charge < -0.3 is 20.0 Å². The van der Waals surface area contributed by atoms with Crippen LogP contribution >= 0.6 is 0 Å². The Balaban J connectivity index is 1.64. The van der Waals surface area contributed by atoms with E-state index in [-0.39, 0.29) is 23.6 Å². The summed E-state index contributed by atoms with van der Waals surface area (Å²) in [6.45, 7) is 1.37. The Morgan fingerprint density at radius 2 is 1.64 bits per heavy atom. The summed E-state index contributed by atoms with van der Waals surface area (Å²) < 4.78 is 44.4. The molecule has 33 heavy (non-hydrogen) atoms. The quantitative estimate of drug-likeness (QED) is 0.538. The van der Waals surface area contributed by atoms with Crippen LogP contribution in [0.4, 0.5) is 24.5 Å². The number of furan rings is 1. The number of nitrogens with one attached hydrogen (secondary N) is 2. The van der Waals surface area contributed by atoms with Gasteiger partial charge in [0.05, 0.1) is 17.5 Å². The molecule has 7 nitrogen and oxygen atoms in total. The first kappa shape index (κ1) is 23.6. The zero-order valence-electron chi connectivity index (χ0n) is 17.5. The van der Waals surface area contributed by atoms with E-state index in [9.17, 15) is 27.6 Å². The van der Waals surface area contributed by atoms with E-state index in [4.69, 9.17) is 4.42 Å².